The monoisotopic (exact) mass is 288 g/mol. The number of hydrogen-bond acceptors (Lipinski definition) is 4. The fourth-order valence-corrected chi connectivity index (χ4v) is 2.90. The lowest BCUT2D eigenvalue weighted by Gasteiger charge is -2.22. The van der Waals surface area contributed by atoms with Crippen molar-refractivity contribution in [1.82, 2.24) is 19.8 Å². The Bertz CT molecular complexity index is 631. The van der Waals surface area contributed by atoms with Crippen molar-refractivity contribution < 1.29 is 9.32 Å². The first kappa shape index (κ1) is 13.9. The molecule has 0 aromatic carbocycles. The zero-order valence-electron chi connectivity index (χ0n) is 12.5. The number of rotatable bonds is 4. The van der Waals surface area contributed by atoms with Crippen LogP contribution >= 0.6 is 0 Å². The molecule has 2 aromatic rings. The molecule has 0 radical (unpaired) electrons. The largest absolute Gasteiger partial charge is 0.359 e. The first-order valence-electron chi connectivity index (χ1n) is 7.33. The molecule has 0 N–H and O–H groups in total. The number of carbonyl (C=O) groups is 1. The molecule has 0 bridgehead atoms. The van der Waals surface area contributed by atoms with Gasteiger partial charge in [-0.15, -0.1) is 0 Å². The molecule has 2 aromatic heterocycles. The lowest BCUT2D eigenvalue weighted by Crippen LogP contribution is -2.30. The fourth-order valence-electron chi connectivity index (χ4n) is 2.90. The summed E-state index contributed by atoms with van der Waals surface area (Å²) in [6.07, 6.45) is 6.97. The van der Waals surface area contributed by atoms with Gasteiger partial charge in [0.1, 0.15) is 0 Å². The fraction of sp³-hybridized carbons (Fsp3) is 0.533. The minimum absolute atomic E-state index is 0.0487. The number of hydrogen-bond donors (Lipinski definition) is 0. The van der Waals surface area contributed by atoms with Gasteiger partial charge < -0.3 is 9.42 Å². The molecular formula is C15H20N4O2. The minimum Gasteiger partial charge on any atom is -0.359 e. The van der Waals surface area contributed by atoms with Crippen molar-refractivity contribution in [3.05, 3.63) is 35.5 Å². The number of aryl methyl sites for hydroxylation is 3. The molecule has 3 rings (SSSR count). The van der Waals surface area contributed by atoms with Crippen LogP contribution in [0.1, 0.15) is 42.3 Å². The van der Waals surface area contributed by atoms with Gasteiger partial charge in [-0.25, -0.2) is 0 Å². The second-order valence-corrected chi connectivity index (χ2v) is 5.64. The molecule has 1 amide bonds. The van der Waals surface area contributed by atoms with Crippen LogP contribution in [0.2, 0.25) is 0 Å². The average Bonchev–Trinajstić information content (AvgIpc) is 3.16. The minimum atomic E-state index is 0.0487. The molecule has 21 heavy (non-hydrogen) atoms. The van der Waals surface area contributed by atoms with Crippen LogP contribution in [0.15, 0.2) is 23.0 Å². The van der Waals surface area contributed by atoms with E-state index in [0.29, 0.717) is 6.42 Å². The third-order valence-corrected chi connectivity index (χ3v) is 3.93. The molecule has 1 saturated heterocycles. The molecule has 3 heterocycles. The van der Waals surface area contributed by atoms with Gasteiger partial charge in [0.05, 0.1) is 17.9 Å². The van der Waals surface area contributed by atoms with Gasteiger partial charge in [0.2, 0.25) is 5.91 Å². The van der Waals surface area contributed by atoms with Gasteiger partial charge in [-0.3, -0.25) is 9.48 Å². The number of nitrogens with zero attached hydrogens (tertiary/aromatic N) is 4. The van der Waals surface area contributed by atoms with E-state index >= 15 is 0 Å². The van der Waals surface area contributed by atoms with E-state index in [1.807, 2.05) is 37.3 Å². The predicted molar refractivity (Wildman–Crippen MR) is 76.5 cm³/mol. The number of carbonyl (C=O) groups excluding carboxylic acids is 1. The Morgan fingerprint density at radius 2 is 2.38 bits per heavy atom. The van der Waals surface area contributed by atoms with E-state index < -0.39 is 0 Å². The van der Waals surface area contributed by atoms with Crippen molar-refractivity contribution in [3.63, 3.8) is 0 Å². The van der Waals surface area contributed by atoms with Crippen molar-refractivity contribution >= 4 is 5.91 Å². The predicted octanol–water partition coefficient (Wildman–Crippen LogP) is 2.01. The molecular weight excluding hydrogens is 268 g/mol. The molecule has 6 nitrogen and oxygen atoms in total. The summed E-state index contributed by atoms with van der Waals surface area (Å²) in [7, 11) is 1.88. The van der Waals surface area contributed by atoms with Crippen LogP contribution in [-0.2, 0) is 18.3 Å². The summed E-state index contributed by atoms with van der Waals surface area (Å²) in [5, 5.41) is 8.05. The number of aromatic nitrogens is 3. The number of amides is 1. The maximum atomic E-state index is 12.5. The summed E-state index contributed by atoms with van der Waals surface area (Å²) in [6.45, 7) is 2.70. The maximum absolute atomic E-state index is 12.5. The number of likely N-dealkylation sites (tertiary alicyclic amines) is 1. The van der Waals surface area contributed by atoms with Crippen LogP contribution in [0.25, 0.3) is 0 Å². The quantitative estimate of drug-likeness (QED) is 0.863. The maximum Gasteiger partial charge on any atom is 0.223 e. The Hall–Kier alpha value is -2.11. The van der Waals surface area contributed by atoms with Gasteiger partial charge in [-0.05, 0) is 31.7 Å². The average molecular weight is 288 g/mol. The molecule has 1 fully saturated rings. The summed E-state index contributed by atoms with van der Waals surface area (Å²) in [5.74, 6) is 0.982. The van der Waals surface area contributed by atoms with Crippen LogP contribution in [0.3, 0.4) is 0 Å². The van der Waals surface area contributed by atoms with Crippen molar-refractivity contribution in [1.29, 1.82) is 0 Å². The highest BCUT2D eigenvalue weighted by Crippen LogP contribution is 2.32. The van der Waals surface area contributed by atoms with Gasteiger partial charge in [-0.2, -0.15) is 5.10 Å². The molecule has 0 aliphatic carbocycles. The van der Waals surface area contributed by atoms with Gasteiger partial charge in [-0.1, -0.05) is 5.16 Å². The summed E-state index contributed by atoms with van der Waals surface area (Å²) >= 11 is 0. The SMILES string of the molecule is Cc1cc(C2CCCN2C(=O)CCc2cnn(C)c2)on1. The smallest absolute Gasteiger partial charge is 0.223 e. The van der Waals surface area contributed by atoms with Crippen LogP contribution in [0.4, 0.5) is 0 Å². The zero-order valence-corrected chi connectivity index (χ0v) is 12.5. The Morgan fingerprint density at radius 3 is 3.05 bits per heavy atom. The Kier molecular flexibility index (Phi) is 3.77. The molecule has 1 aliphatic rings. The van der Waals surface area contributed by atoms with Gasteiger partial charge in [0, 0.05) is 32.3 Å². The Morgan fingerprint density at radius 1 is 1.52 bits per heavy atom. The summed E-state index contributed by atoms with van der Waals surface area (Å²) in [4.78, 5) is 14.4. The standard InChI is InChI=1S/C15H20N4O2/c1-11-8-14(21-17-11)13-4-3-7-19(13)15(20)6-5-12-9-16-18(2)10-12/h8-10,13H,3-7H2,1-2H3. The van der Waals surface area contributed by atoms with E-state index in [1.165, 1.54) is 0 Å². The van der Waals surface area contributed by atoms with Gasteiger partial charge in [0.15, 0.2) is 5.76 Å². The lowest BCUT2D eigenvalue weighted by atomic mass is 10.1. The van der Waals surface area contributed by atoms with E-state index in [4.69, 9.17) is 4.52 Å². The van der Waals surface area contributed by atoms with Crippen LogP contribution in [0.5, 0.6) is 0 Å². The van der Waals surface area contributed by atoms with E-state index in [9.17, 15) is 4.79 Å². The highest BCUT2D eigenvalue weighted by molar-refractivity contribution is 5.77. The molecule has 6 heteroatoms. The van der Waals surface area contributed by atoms with Gasteiger partial charge >= 0.3 is 0 Å². The normalized spacial score (nSPS) is 18.4. The van der Waals surface area contributed by atoms with Gasteiger partial charge in [0.25, 0.3) is 0 Å². The highest BCUT2D eigenvalue weighted by atomic mass is 16.5. The summed E-state index contributed by atoms with van der Waals surface area (Å²) in [6, 6.07) is 1.98. The third kappa shape index (κ3) is 2.99. The molecule has 0 saturated carbocycles. The molecule has 1 aliphatic heterocycles. The lowest BCUT2D eigenvalue weighted by molar-refractivity contribution is -0.132. The highest BCUT2D eigenvalue weighted by Gasteiger charge is 2.32. The van der Waals surface area contributed by atoms with Crippen molar-refractivity contribution in [3.8, 4) is 0 Å². The van der Waals surface area contributed by atoms with Crippen molar-refractivity contribution in [2.24, 2.45) is 7.05 Å². The van der Waals surface area contributed by atoms with Crippen molar-refractivity contribution in [2.75, 3.05) is 6.54 Å². The first-order valence-corrected chi connectivity index (χ1v) is 7.33. The first-order chi connectivity index (χ1) is 10.1. The van der Waals surface area contributed by atoms with E-state index in [1.54, 1.807) is 4.68 Å². The second-order valence-electron chi connectivity index (χ2n) is 5.64. The third-order valence-electron chi connectivity index (χ3n) is 3.93. The van der Waals surface area contributed by atoms with E-state index in [-0.39, 0.29) is 11.9 Å². The second kappa shape index (κ2) is 5.71. The Labute approximate surface area is 123 Å². The van der Waals surface area contributed by atoms with E-state index in [0.717, 1.165) is 42.8 Å². The summed E-state index contributed by atoms with van der Waals surface area (Å²) in [5.41, 5.74) is 1.96. The molecule has 1 unspecified atom stereocenters. The molecule has 112 valence electrons. The van der Waals surface area contributed by atoms with Crippen LogP contribution in [0, 0.1) is 6.92 Å². The zero-order chi connectivity index (χ0) is 14.8. The van der Waals surface area contributed by atoms with Crippen LogP contribution < -0.4 is 0 Å². The van der Waals surface area contributed by atoms with Crippen molar-refractivity contribution in [2.45, 2.75) is 38.6 Å². The van der Waals surface area contributed by atoms with Crippen LogP contribution in [-0.4, -0.2) is 32.3 Å². The summed E-state index contributed by atoms with van der Waals surface area (Å²) < 4.78 is 7.10. The molecule has 1 atom stereocenters. The topological polar surface area (TPSA) is 64.2 Å². The Balaban J connectivity index is 1.63. The van der Waals surface area contributed by atoms with E-state index in [2.05, 4.69) is 10.3 Å². The molecule has 0 spiro atoms.